The molecule has 6 nitrogen and oxygen atoms in total. The van der Waals surface area contributed by atoms with Crippen LogP contribution in [0.1, 0.15) is 316 Å². The van der Waals surface area contributed by atoms with E-state index in [4.69, 9.17) is 14.2 Å². The van der Waals surface area contributed by atoms with Crippen LogP contribution in [0.3, 0.4) is 0 Å². The van der Waals surface area contributed by atoms with E-state index in [1.54, 1.807) is 0 Å². The normalized spacial score (nSPS) is 12.7. The molecule has 0 radical (unpaired) electrons. The second-order valence-electron chi connectivity index (χ2n) is 21.6. The van der Waals surface area contributed by atoms with Crippen LogP contribution in [0, 0.1) is 0 Å². The van der Waals surface area contributed by atoms with Crippen molar-refractivity contribution in [1.29, 1.82) is 0 Å². The zero-order valence-corrected chi connectivity index (χ0v) is 50.7. The predicted molar refractivity (Wildman–Crippen MR) is 334 cm³/mol. The van der Waals surface area contributed by atoms with E-state index < -0.39 is 6.10 Å². The standard InChI is InChI=1S/C71H122O6/c1-4-7-10-13-16-19-22-24-26-28-30-32-33-34-35-36-37-39-40-42-44-46-49-52-55-58-61-64-70(73)76-67-68(66-75-69(72)63-60-57-54-51-48-21-18-15-12-9-6-3)77-71(74)65-62-59-56-53-50-47-45-43-41-38-31-29-27-25-23-20-17-14-11-8-5-2/h8,11,15,17-18,20,22,24-25,27-28,30-31,33-34,38,68H,4-7,9-10,12-14,16,19,21,23,26,29,32,35-37,39-67H2,1-3H3/b11-8-,18-15-,20-17-,24-22-,27-25-,30-28-,34-33-,38-31-. The summed E-state index contributed by atoms with van der Waals surface area (Å²) in [5.41, 5.74) is 0. The molecule has 1 atom stereocenters. The van der Waals surface area contributed by atoms with Crippen molar-refractivity contribution >= 4 is 17.9 Å². The first-order valence-corrected chi connectivity index (χ1v) is 32.7. The maximum atomic E-state index is 12.9. The van der Waals surface area contributed by atoms with Gasteiger partial charge in [-0.2, -0.15) is 0 Å². The Labute approximate surface area is 477 Å². The Hall–Kier alpha value is -3.67. The van der Waals surface area contributed by atoms with Crippen LogP contribution in [0.5, 0.6) is 0 Å². The molecule has 0 aromatic carbocycles. The SMILES string of the molecule is CC/C=C\C/C=C\C/C=C\C/C=C\CCCCCCCCCCC(=O)OC(COC(=O)CCCCCCC/C=C\CCCC)COC(=O)CCCCCCCCCCCCCC/C=C\C/C=C\C/C=C\CCCCCCC. The van der Waals surface area contributed by atoms with Gasteiger partial charge in [0.05, 0.1) is 0 Å². The summed E-state index contributed by atoms with van der Waals surface area (Å²) in [6.07, 6.45) is 87.1. The Morgan fingerprint density at radius 1 is 0.273 bits per heavy atom. The Bertz CT molecular complexity index is 1510. The summed E-state index contributed by atoms with van der Waals surface area (Å²) in [7, 11) is 0. The number of hydrogen-bond donors (Lipinski definition) is 0. The maximum Gasteiger partial charge on any atom is 0.306 e. The fraction of sp³-hybridized carbons (Fsp3) is 0.732. The number of carbonyl (C=O) groups is 3. The summed E-state index contributed by atoms with van der Waals surface area (Å²) in [5, 5.41) is 0. The number of hydrogen-bond acceptors (Lipinski definition) is 6. The van der Waals surface area contributed by atoms with Gasteiger partial charge in [-0.3, -0.25) is 14.4 Å². The van der Waals surface area contributed by atoms with Gasteiger partial charge in [-0.25, -0.2) is 0 Å². The molecule has 0 spiro atoms. The third kappa shape index (κ3) is 63.0. The van der Waals surface area contributed by atoms with Crippen molar-refractivity contribution in [3.05, 3.63) is 97.2 Å². The van der Waals surface area contributed by atoms with Crippen LogP contribution in [0.25, 0.3) is 0 Å². The van der Waals surface area contributed by atoms with Crippen LogP contribution in [0.15, 0.2) is 97.2 Å². The summed E-state index contributed by atoms with van der Waals surface area (Å²) in [6.45, 7) is 6.49. The minimum atomic E-state index is -0.787. The van der Waals surface area contributed by atoms with Gasteiger partial charge in [0.2, 0.25) is 0 Å². The molecule has 0 aromatic rings. The smallest absolute Gasteiger partial charge is 0.306 e. The summed E-state index contributed by atoms with van der Waals surface area (Å²) in [4.78, 5) is 38.3. The highest BCUT2D eigenvalue weighted by molar-refractivity contribution is 5.71. The molecule has 0 rings (SSSR count). The predicted octanol–water partition coefficient (Wildman–Crippen LogP) is 22.4. The van der Waals surface area contributed by atoms with Crippen molar-refractivity contribution in [2.45, 2.75) is 322 Å². The zero-order chi connectivity index (χ0) is 55.7. The molecule has 0 aliphatic heterocycles. The molecular formula is C71H122O6. The third-order valence-electron chi connectivity index (χ3n) is 14.0. The fourth-order valence-electron chi connectivity index (χ4n) is 9.13. The molecule has 1 unspecified atom stereocenters. The highest BCUT2D eigenvalue weighted by Gasteiger charge is 2.19. The Kier molecular flexibility index (Phi) is 61.8. The largest absolute Gasteiger partial charge is 0.462 e. The number of unbranched alkanes of at least 4 members (excludes halogenated alkanes) is 32. The highest BCUT2D eigenvalue weighted by atomic mass is 16.6. The summed E-state index contributed by atoms with van der Waals surface area (Å²) in [5.74, 6) is -0.895. The van der Waals surface area contributed by atoms with E-state index in [0.717, 1.165) is 109 Å². The van der Waals surface area contributed by atoms with E-state index in [9.17, 15) is 14.4 Å². The molecule has 0 saturated heterocycles. The lowest BCUT2D eigenvalue weighted by molar-refractivity contribution is -0.167. The van der Waals surface area contributed by atoms with E-state index in [0.29, 0.717) is 19.3 Å². The molecule has 0 N–H and O–H groups in total. The lowest BCUT2D eigenvalue weighted by Crippen LogP contribution is -2.30. The number of ether oxygens (including phenoxy) is 3. The average molecular weight is 1070 g/mol. The van der Waals surface area contributed by atoms with Crippen LogP contribution in [0.2, 0.25) is 0 Å². The molecule has 0 saturated carbocycles. The van der Waals surface area contributed by atoms with Gasteiger partial charge >= 0.3 is 17.9 Å². The lowest BCUT2D eigenvalue weighted by atomic mass is 10.0. The molecule has 0 amide bonds. The molecule has 0 bridgehead atoms. The van der Waals surface area contributed by atoms with Crippen molar-refractivity contribution in [1.82, 2.24) is 0 Å². The van der Waals surface area contributed by atoms with Crippen LogP contribution < -0.4 is 0 Å². The molecule has 0 aromatic heterocycles. The Balaban J connectivity index is 4.27. The summed E-state index contributed by atoms with van der Waals surface area (Å²) < 4.78 is 16.9. The van der Waals surface area contributed by atoms with E-state index in [2.05, 4.69) is 118 Å². The number of esters is 3. The van der Waals surface area contributed by atoms with Gasteiger partial charge in [0, 0.05) is 19.3 Å². The summed E-state index contributed by atoms with van der Waals surface area (Å²) in [6, 6.07) is 0. The molecule has 6 heteroatoms. The van der Waals surface area contributed by atoms with E-state index in [1.807, 2.05) is 0 Å². The molecule has 0 aliphatic rings. The first kappa shape index (κ1) is 73.3. The van der Waals surface area contributed by atoms with Gasteiger partial charge in [0.15, 0.2) is 6.10 Å². The fourth-order valence-corrected chi connectivity index (χ4v) is 9.13. The van der Waals surface area contributed by atoms with Crippen LogP contribution in [-0.4, -0.2) is 37.2 Å². The number of rotatable bonds is 59. The van der Waals surface area contributed by atoms with Gasteiger partial charge in [0.25, 0.3) is 0 Å². The molecule has 0 heterocycles. The van der Waals surface area contributed by atoms with Crippen LogP contribution >= 0.6 is 0 Å². The zero-order valence-electron chi connectivity index (χ0n) is 50.7. The van der Waals surface area contributed by atoms with Crippen molar-refractivity contribution in [3.8, 4) is 0 Å². The lowest BCUT2D eigenvalue weighted by Gasteiger charge is -2.18. The van der Waals surface area contributed by atoms with Crippen molar-refractivity contribution in [2.24, 2.45) is 0 Å². The van der Waals surface area contributed by atoms with E-state index >= 15 is 0 Å². The van der Waals surface area contributed by atoms with Crippen LogP contribution in [0.4, 0.5) is 0 Å². The van der Waals surface area contributed by atoms with Crippen molar-refractivity contribution < 1.29 is 28.6 Å². The average Bonchev–Trinajstić information content (AvgIpc) is 3.43. The summed E-state index contributed by atoms with van der Waals surface area (Å²) >= 11 is 0. The van der Waals surface area contributed by atoms with E-state index in [1.165, 1.54) is 167 Å². The van der Waals surface area contributed by atoms with Gasteiger partial charge in [0.1, 0.15) is 13.2 Å². The van der Waals surface area contributed by atoms with Crippen molar-refractivity contribution in [2.75, 3.05) is 13.2 Å². The van der Waals surface area contributed by atoms with Gasteiger partial charge < -0.3 is 14.2 Å². The topological polar surface area (TPSA) is 78.9 Å². The molecular weight excluding hydrogens is 949 g/mol. The highest BCUT2D eigenvalue weighted by Crippen LogP contribution is 2.16. The molecule has 0 fully saturated rings. The Morgan fingerprint density at radius 3 is 0.844 bits per heavy atom. The maximum absolute atomic E-state index is 12.9. The molecule has 0 aliphatic carbocycles. The number of carbonyl (C=O) groups excluding carboxylic acids is 3. The minimum Gasteiger partial charge on any atom is -0.462 e. The van der Waals surface area contributed by atoms with Gasteiger partial charge in [-0.05, 0) is 116 Å². The van der Waals surface area contributed by atoms with Crippen LogP contribution in [-0.2, 0) is 28.6 Å². The Morgan fingerprint density at radius 2 is 0.519 bits per heavy atom. The molecule has 442 valence electrons. The second-order valence-corrected chi connectivity index (χ2v) is 21.6. The second kappa shape index (κ2) is 64.9. The minimum absolute atomic E-state index is 0.0836. The quantitative estimate of drug-likeness (QED) is 0.0261. The van der Waals surface area contributed by atoms with Gasteiger partial charge in [-0.1, -0.05) is 279 Å². The third-order valence-corrected chi connectivity index (χ3v) is 14.0. The first-order valence-electron chi connectivity index (χ1n) is 32.7. The van der Waals surface area contributed by atoms with E-state index in [-0.39, 0.29) is 31.1 Å². The molecule has 77 heavy (non-hydrogen) atoms. The van der Waals surface area contributed by atoms with Gasteiger partial charge in [-0.15, -0.1) is 0 Å². The first-order chi connectivity index (χ1) is 38.0. The number of allylic oxidation sites excluding steroid dienone is 16. The monoisotopic (exact) mass is 1070 g/mol. The van der Waals surface area contributed by atoms with Crippen molar-refractivity contribution in [3.63, 3.8) is 0 Å².